The number of aliphatic hydroxyl groups excluding tert-OH is 1. The van der Waals surface area contributed by atoms with Gasteiger partial charge in [0.15, 0.2) is 6.10 Å². The fourth-order valence-electron chi connectivity index (χ4n) is 5.46. The minimum Gasteiger partial charge on any atom is -0.462 e. The van der Waals surface area contributed by atoms with Crippen molar-refractivity contribution in [3.05, 3.63) is 72.9 Å². The third-order valence-electron chi connectivity index (χ3n) is 8.53. The Kier molecular flexibility index (Phi) is 38.6. The second kappa shape index (κ2) is 40.8. The van der Waals surface area contributed by atoms with Crippen molar-refractivity contribution in [2.45, 2.75) is 187 Å². The van der Waals surface area contributed by atoms with Crippen molar-refractivity contribution >= 4 is 11.9 Å². The lowest BCUT2D eigenvalue weighted by Gasteiger charge is -2.15. The summed E-state index contributed by atoms with van der Waals surface area (Å²) in [5, 5.41) is 9.55. The van der Waals surface area contributed by atoms with Gasteiger partial charge < -0.3 is 14.6 Å². The van der Waals surface area contributed by atoms with E-state index in [9.17, 15) is 14.7 Å². The quantitative estimate of drug-likeness (QED) is 0.0401. The van der Waals surface area contributed by atoms with E-state index >= 15 is 0 Å². The molecule has 0 aromatic heterocycles. The maximum Gasteiger partial charge on any atom is 0.306 e. The van der Waals surface area contributed by atoms with E-state index in [4.69, 9.17) is 9.47 Å². The zero-order chi connectivity index (χ0) is 36.4. The van der Waals surface area contributed by atoms with E-state index in [1.165, 1.54) is 89.9 Å². The van der Waals surface area contributed by atoms with Crippen LogP contribution >= 0.6 is 0 Å². The van der Waals surface area contributed by atoms with Gasteiger partial charge in [-0.3, -0.25) is 9.59 Å². The van der Waals surface area contributed by atoms with Gasteiger partial charge in [-0.2, -0.15) is 0 Å². The first-order valence-electron chi connectivity index (χ1n) is 20.5. The first-order valence-corrected chi connectivity index (χ1v) is 20.5. The van der Waals surface area contributed by atoms with Gasteiger partial charge in [0, 0.05) is 12.8 Å². The predicted octanol–water partition coefficient (Wildman–Crippen LogP) is 13.0. The number of aliphatic hydroxyl groups is 1. The van der Waals surface area contributed by atoms with Crippen molar-refractivity contribution < 1.29 is 24.2 Å². The Bertz CT molecular complexity index is 926. The molecule has 0 heterocycles. The van der Waals surface area contributed by atoms with Crippen LogP contribution < -0.4 is 0 Å². The third-order valence-corrected chi connectivity index (χ3v) is 8.53. The summed E-state index contributed by atoms with van der Waals surface area (Å²) in [5.41, 5.74) is 0. The molecule has 0 amide bonds. The van der Waals surface area contributed by atoms with Crippen LogP contribution in [-0.4, -0.2) is 36.4 Å². The summed E-state index contributed by atoms with van der Waals surface area (Å²) in [6.07, 6.45) is 54.0. The van der Waals surface area contributed by atoms with Crippen LogP contribution in [0.3, 0.4) is 0 Å². The van der Waals surface area contributed by atoms with Crippen molar-refractivity contribution in [2.75, 3.05) is 13.2 Å². The van der Waals surface area contributed by atoms with Crippen LogP contribution in [0.1, 0.15) is 181 Å². The second-order valence-corrected chi connectivity index (χ2v) is 13.3. The van der Waals surface area contributed by atoms with Gasteiger partial charge in [0.25, 0.3) is 0 Å². The molecule has 0 aromatic rings. The number of carbonyl (C=O) groups is 2. The molecule has 5 nitrogen and oxygen atoms in total. The number of carbonyl (C=O) groups excluding carboxylic acids is 2. The number of esters is 2. The summed E-state index contributed by atoms with van der Waals surface area (Å²) < 4.78 is 10.6. The molecule has 0 bridgehead atoms. The summed E-state index contributed by atoms with van der Waals surface area (Å²) in [4.78, 5) is 24.2. The van der Waals surface area contributed by atoms with Crippen LogP contribution in [0.15, 0.2) is 72.9 Å². The molecule has 0 aliphatic heterocycles. The minimum absolute atomic E-state index is 0.0973. The molecule has 0 unspecified atom stereocenters. The van der Waals surface area contributed by atoms with Crippen molar-refractivity contribution in [1.82, 2.24) is 0 Å². The number of allylic oxidation sites excluding steroid dienone is 12. The maximum atomic E-state index is 12.1. The van der Waals surface area contributed by atoms with E-state index in [0.29, 0.717) is 12.8 Å². The molecule has 0 aromatic carbocycles. The molecule has 1 atom stereocenters. The monoisotopic (exact) mass is 697 g/mol. The molecule has 0 saturated carbocycles. The van der Waals surface area contributed by atoms with Gasteiger partial charge in [-0.05, 0) is 51.4 Å². The average Bonchev–Trinajstić information content (AvgIpc) is 3.12. The fourth-order valence-corrected chi connectivity index (χ4v) is 5.46. The summed E-state index contributed by atoms with van der Waals surface area (Å²) in [5.74, 6) is -0.689. The van der Waals surface area contributed by atoms with Crippen LogP contribution in [0, 0.1) is 0 Å². The molecule has 0 radical (unpaired) electrons. The van der Waals surface area contributed by atoms with E-state index in [1.807, 2.05) is 12.2 Å². The Morgan fingerprint density at radius 3 is 1.26 bits per heavy atom. The van der Waals surface area contributed by atoms with Gasteiger partial charge in [0.05, 0.1) is 6.61 Å². The highest BCUT2D eigenvalue weighted by Crippen LogP contribution is 2.14. The smallest absolute Gasteiger partial charge is 0.306 e. The van der Waals surface area contributed by atoms with Gasteiger partial charge in [-0.15, -0.1) is 0 Å². The van der Waals surface area contributed by atoms with Gasteiger partial charge in [0.2, 0.25) is 0 Å². The van der Waals surface area contributed by atoms with E-state index in [-0.39, 0.29) is 25.6 Å². The Hall–Kier alpha value is -2.66. The number of rotatable bonds is 36. The topological polar surface area (TPSA) is 72.8 Å². The van der Waals surface area contributed by atoms with Gasteiger partial charge in [-0.1, -0.05) is 189 Å². The molecule has 0 rings (SSSR count). The summed E-state index contributed by atoms with van der Waals surface area (Å²) >= 11 is 0. The largest absolute Gasteiger partial charge is 0.462 e. The molecule has 1 N–H and O–H groups in total. The highest BCUT2D eigenvalue weighted by Gasteiger charge is 2.15. The van der Waals surface area contributed by atoms with E-state index < -0.39 is 12.1 Å². The number of hydrogen-bond donors (Lipinski definition) is 1. The van der Waals surface area contributed by atoms with Crippen molar-refractivity contribution in [2.24, 2.45) is 0 Å². The lowest BCUT2D eigenvalue weighted by Crippen LogP contribution is -2.28. The summed E-state index contributed by atoms with van der Waals surface area (Å²) in [6, 6.07) is 0. The summed E-state index contributed by atoms with van der Waals surface area (Å²) in [6.45, 7) is 3.96. The molecule has 0 aliphatic rings. The van der Waals surface area contributed by atoms with Crippen LogP contribution in [0.4, 0.5) is 0 Å². The Morgan fingerprint density at radius 2 is 0.860 bits per heavy atom. The molecule has 50 heavy (non-hydrogen) atoms. The Morgan fingerprint density at radius 1 is 0.480 bits per heavy atom. The van der Waals surface area contributed by atoms with Crippen LogP contribution in [-0.2, 0) is 19.1 Å². The number of hydrogen-bond acceptors (Lipinski definition) is 5. The molecule has 286 valence electrons. The van der Waals surface area contributed by atoms with Crippen molar-refractivity contribution in [3.63, 3.8) is 0 Å². The van der Waals surface area contributed by atoms with Crippen LogP contribution in [0.25, 0.3) is 0 Å². The van der Waals surface area contributed by atoms with Gasteiger partial charge >= 0.3 is 11.9 Å². The standard InChI is InChI=1S/C45H76O5/c1-3-5-7-9-11-13-15-17-19-21-22-24-26-28-30-32-34-36-38-40-45(48)50-43(41-46)42-49-44(47)39-37-35-33-31-29-27-25-23-20-18-16-14-12-10-8-6-4-2/h5,7,11,13,17,19,22,24,28,30,34,36,43,46H,3-4,6,8-10,12,14-16,18,20-21,23,25-27,29,31-33,35,37-42H2,1-2H3/b7-5+,13-11+,19-17+,24-22+,30-28+,36-34+/t43-/m0/s1. The highest BCUT2D eigenvalue weighted by atomic mass is 16.6. The zero-order valence-corrected chi connectivity index (χ0v) is 32.4. The molecular weight excluding hydrogens is 620 g/mol. The Balaban J connectivity index is 3.68. The fraction of sp³-hybridized carbons (Fsp3) is 0.689. The molecule has 0 saturated heterocycles. The third kappa shape index (κ3) is 38.1. The van der Waals surface area contributed by atoms with E-state index in [2.05, 4.69) is 74.6 Å². The first kappa shape index (κ1) is 47.3. The minimum atomic E-state index is -0.813. The lowest BCUT2D eigenvalue weighted by molar-refractivity contribution is -0.161. The zero-order valence-electron chi connectivity index (χ0n) is 32.4. The van der Waals surface area contributed by atoms with Gasteiger partial charge in [0.1, 0.15) is 6.61 Å². The normalized spacial score (nSPS) is 12.9. The molecule has 0 spiro atoms. The molecule has 0 fully saturated rings. The molecular formula is C45H76O5. The summed E-state index contributed by atoms with van der Waals surface area (Å²) in [7, 11) is 0. The van der Waals surface area contributed by atoms with E-state index in [0.717, 1.165) is 57.8 Å². The maximum absolute atomic E-state index is 12.1. The van der Waals surface area contributed by atoms with Crippen molar-refractivity contribution in [3.8, 4) is 0 Å². The molecule has 5 heteroatoms. The predicted molar refractivity (Wildman–Crippen MR) is 214 cm³/mol. The molecule has 0 aliphatic carbocycles. The first-order chi connectivity index (χ1) is 24.6. The second-order valence-electron chi connectivity index (χ2n) is 13.3. The van der Waals surface area contributed by atoms with Gasteiger partial charge in [-0.25, -0.2) is 0 Å². The van der Waals surface area contributed by atoms with Crippen LogP contribution in [0.2, 0.25) is 0 Å². The number of ether oxygens (including phenoxy) is 2. The lowest BCUT2D eigenvalue weighted by atomic mass is 10.0. The SMILES string of the molecule is CC/C=C/C/C=C/C/C=C/C/C=C/C/C=C/C/C=C/CCC(=O)O[C@@H](CO)COC(=O)CCCCCCCCCCCCCCCCCCC. The number of unbranched alkanes of at least 4 members (excludes halogenated alkanes) is 16. The van der Waals surface area contributed by atoms with E-state index in [1.54, 1.807) is 0 Å². The highest BCUT2D eigenvalue weighted by molar-refractivity contribution is 5.70. The average molecular weight is 697 g/mol. The Labute approximate surface area is 308 Å². The van der Waals surface area contributed by atoms with Crippen molar-refractivity contribution in [1.29, 1.82) is 0 Å². The van der Waals surface area contributed by atoms with Crippen LogP contribution in [0.5, 0.6) is 0 Å².